The van der Waals surface area contributed by atoms with Gasteiger partial charge in [0.05, 0.1) is 19.6 Å². The van der Waals surface area contributed by atoms with Gasteiger partial charge in [-0.3, -0.25) is 0 Å². The quantitative estimate of drug-likeness (QED) is 0.787. The van der Waals surface area contributed by atoms with Crippen LogP contribution in [0.5, 0.6) is 0 Å². The van der Waals surface area contributed by atoms with Gasteiger partial charge < -0.3 is 14.2 Å². The molecular weight excluding hydrogens is 261 g/mol. The Hall–Kier alpha value is -2.37. The molecule has 0 radical (unpaired) electrons. The topological polar surface area (TPSA) is 47.4 Å². The fourth-order valence-corrected chi connectivity index (χ4v) is 1.77. The van der Waals surface area contributed by atoms with E-state index >= 15 is 0 Å². The summed E-state index contributed by atoms with van der Waals surface area (Å²) in [6.07, 6.45) is 3.18. The molecule has 1 aromatic heterocycles. The van der Waals surface area contributed by atoms with Crippen LogP contribution >= 0.6 is 0 Å². The van der Waals surface area contributed by atoms with Gasteiger partial charge in [0.25, 0.3) is 0 Å². The number of hydrogen-bond donors (Lipinski definition) is 0. The Balaban J connectivity index is 2.03. The molecule has 6 heteroatoms. The lowest BCUT2D eigenvalue weighted by Crippen LogP contribution is -2.20. The van der Waals surface area contributed by atoms with Crippen molar-refractivity contribution in [3.8, 4) is 0 Å². The molecule has 2 aromatic rings. The van der Waals surface area contributed by atoms with Gasteiger partial charge >= 0.3 is 5.97 Å². The van der Waals surface area contributed by atoms with Gasteiger partial charge in [-0.05, 0) is 31.2 Å². The van der Waals surface area contributed by atoms with E-state index in [-0.39, 0.29) is 11.5 Å². The molecule has 0 atom stereocenters. The number of nitrogens with zero attached hydrogens (tertiary/aromatic N) is 3. The molecule has 0 aliphatic heterocycles. The second kappa shape index (κ2) is 6.18. The van der Waals surface area contributed by atoms with Crippen molar-refractivity contribution in [2.45, 2.75) is 13.6 Å². The van der Waals surface area contributed by atoms with Crippen LogP contribution in [0.25, 0.3) is 0 Å². The molecule has 0 aliphatic carbocycles. The number of rotatable bonds is 5. The van der Waals surface area contributed by atoms with Gasteiger partial charge in [0.1, 0.15) is 5.82 Å². The first kappa shape index (κ1) is 14.0. The summed E-state index contributed by atoms with van der Waals surface area (Å²) in [6, 6.07) is 6.20. The zero-order valence-electron chi connectivity index (χ0n) is 11.4. The maximum absolute atomic E-state index is 12.9. The number of hydrogen-bond acceptors (Lipinski definition) is 4. The molecule has 0 fully saturated rings. The van der Waals surface area contributed by atoms with Crippen LogP contribution in [-0.2, 0) is 11.4 Å². The molecule has 2 rings (SSSR count). The van der Waals surface area contributed by atoms with Crippen LogP contribution < -0.4 is 4.90 Å². The molecule has 1 heterocycles. The van der Waals surface area contributed by atoms with Crippen LogP contribution in [0, 0.1) is 5.82 Å². The second-order valence-electron chi connectivity index (χ2n) is 4.31. The van der Waals surface area contributed by atoms with Gasteiger partial charge in [-0.15, -0.1) is 0 Å². The molecule has 0 unspecified atom stereocenters. The highest BCUT2D eigenvalue weighted by atomic mass is 19.1. The van der Waals surface area contributed by atoms with Crippen molar-refractivity contribution in [3.05, 3.63) is 48.3 Å². The number of imidazole rings is 1. The Labute approximate surface area is 116 Å². The molecule has 5 nitrogen and oxygen atoms in total. The maximum atomic E-state index is 12.9. The van der Waals surface area contributed by atoms with Crippen molar-refractivity contribution >= 4 is 11.7 Å². The summed E-state index contributed by atoms with van der Waals surface area (Å²) in [5, 5.41) is 0. The van der Waals surface area contributed by atoms with E-state index in [0.717, 1.165) is 5.69 Å². The molecule has 0 saturated carbocycles. The molecular formula is C14H16FN3O2. The molecule has 20 heavy (non-hydrogen) atoms. The second-order valence-corrected chi connectivity index (χ2v) is 4.31. The van der Waals surface area contributed by atoms with Crippen molar-refractivity contribution in [2.24, 2.45) is 0 Å². The van der Waals surface area contributed by atoms with E-state index in [4.69, 9.17) is 4.74 Å². The van der Waals surface area contributed by atoms with E-state index in [1.54, 1.807) is 36.1 Å². The van der Waals surface area contributed by atoms with Crippen molar-refractivity contribution in [3.63, 3.8) is 0 Å². The normalized spacial score (nSPS) is 10.3. The summed E-state index contributed by atoms with van der Waals surface area (Å²) in [6.45, 7) is 2.57. The van der Waals surface area contributed by atoms with Crippen LogP contribution in [0.15, 0.2) is 36.8 Å². The first-order valence-corrected chi connectivity index (χ1v) is 6.25. The predicted octanol–water partition coefficient (Wildman–Crippen LogP) is 2.29. The number of esters is 1. The zero-order valence-corrected chi connectivity index (χ0v) is 11.4. The van der Waals surface area contributed by atoms with Crippen LogP contribution in [0.2, 0.25) is 0 Å². The lowest BCUT2D eigenvalue weighted by atomic mass is 10.3. The Morgan fingerprint density at radius 2 is 2.10 bits per heavy atom. The Morgan fingerprint density at radius 1 is 1.40 bits per heavy atom. The maximum Gasteiger partial charge on any atom is 0.358 e. The summed E-state index contributed by atoms with van der Waals surface area (Å²) in [4.78, 5) is 17.4. The van der Waals surface area contributed by atoms with Crippen LogP contribution in [0.1, 0.15) is 17.4 Å². The Morgan fingerprint density at radius 3 is 2.75 bits per heavy atom. The van der Waals surface area contributed by atoms with Gasteiger partial charge in [0.15, 0.2) is 5.69 Å². The number of anilines is 1. The van der Waals surface area contributed by atoms with Gasteiger partial charge in [0.2, 0.25) is 0 Å². The smallest absolute Gasteiger partial charge is 0.358 e. The molecule has 0 spiro atoms. The van der Waals surface area contributed by atoms with Crippen molar-refractivity contribution in [2.75, 3.05) is 18.6 Å². The van der Waals surface area contributed by atoms with Crippen LogP contribution in [-0.4, -0.2) is 29.2 Å². The molecule has 0 N–H and O–H groups in total. The number of carbonyl (C=O) groups is 1. The third-order valence-electron chi connectivity index (χ3n) is 2.76. The standard InChI is InChI=1S/C14H16FN3O2/c1-3-20-14(19)13-8-18(9-16-13)10-17(2)12-6-4-11(15)5-7-12/h4-9H,3,10H2,1-2H3. The number of halogens is 1. The van der Waals surface area contributed by atoms with E-state index < -0.39 is 5.97 Å². The molecule has 106 valence electrons. The SMILES string of the molecule is CCOC(=O)c1cn(CN(C)c2ccc(F)cc2)cn1. The summed E-state index contributed by atoms with van der Waals surface area (Å²) < 4.78 is 19.5. The number of ether oxygens (including phenoxy) is 1. The molecule has 0 bridgehead atoms. The third-order valence-corrected chi connectivity index (χ3v) is 2.76. The van der Waals surface area contributed by atoms with Crippen LogP contribution in [0.3, 0.4) is 0 Å². The van der Waals surface area contributed by atoms with E-state index in [1.807, 2.05) is 11.9 Å². The Bertz CT molecular complexity index is 580. The highest BCUT2D eigenvalue weighted by Gasteiger charge is 2.10. The minimum Gasteiger partial charge on any atom is -0.461 e. The van der Waals surface area contributed by atoms with Crippen molar-refractivity contribution in [1.29, 1.82) is 0 Å². The number of benzene rings is 1. The van der Waals surface area contributed by atoms with E-state index in [1.165, 1.54) is 12.1 Å². The van der Waals surface area contributed by atoms with E-state index in [9.17, 15) is 9.18 Å². The molecule has 0 amide bonds. The summed E-state index contributed by atoms with van der Waals surface area (Å²) >= 11 is 0. The minimum atomic E-state index is -0.435. The van der Waals surface area contributed by atoms with Crippen LogP contribution in [0.4, 0.5) is 10.1 Å². The molecule has 1 aromatic carbocycles. The van der Waals surface area contributed by atoms with Gasteiger partial charge in [0, 0.05) is 18.9 Å². The minimum absolute atomic E-state index is 0.269. The highest BCUT2D eigenvalue weighted by Crippen LogP contribution is 2.14. The zero-order chi connectivity index (χ0) is 14.5. The summed E-state index contributed by atoms with van der Waals surface area (Å²) in [7, 11) is 1.87. The van der Waals surface area contributed by atoms with Crippen molar-refractivity contribution in [1.82, 2.24) is 9.55 Å². The summed E-state index contributed by atoms with van der Waals surface area (Å²) in [5.41, 5.74) is 1.15. The van der Waals surface area contributed by atoms with Gasteiger partial charge in [-0.1, -0.05) is 0 Å². The average Bonchev–Trinajstić information content (AvgIpc) is 2.88. The van der Waals surface area contributed by atoms with E-state index in [2.05, 4.69) is 4.98 Å². The third kappa shape index (κ3) is 3.34. The largest absolute Gasteiger partial charge is 0.461 e. The lowest BCUT2D eigenvalue weighted by molar-refractivity contribution is 0.0520. The number of carbonyl (C=O) groups excluding carboxylic acids is 1. The summed E-state index contributed by atoms with van der Waals surface area (Å²) in [5.74, 6) is -0.704. The number of aromatic nitrogens is 2. The first-order valence-electron chi connectivity index (χ1n) is 6.25. The van der Waals surface area contributed by atoms with Gasteiger partial charge in [-0.2, -0.15) is 0 Å². The molecule has 0 aliphatic rings. The van der Waals surface area contributed by atoms with E-state index in [0.29, 0.717) is 13.3 Å². The Kier molecular flexibility index (Phi) is 4.34. The van der Waals surface area contributed by atoms with Gasteiger partial charge in [-0.25, -0.2) is 14.2 Å². The predicted molar refractivity (Wildman–Crippen MR) is 73.0 cm³/mol. The monoisotopic (exact) mass is 277 g/mol. The first-order chi connectivity index (χ1) is 9.60. The van der Waals surface area contributed by atoms with Crippen molar-refractivity contribution < 1.29 is 13.9 Å². The average molecular weight is 277 g/mol. The highest BCUT2D eigenvalue weighted by molar-refractivity contribution is 5.86. The fraction of sp³-hybridized carbons (Fsp3) is 0.286. The molecule has 0 saturated heterocycles. The lowest BCUT2D eigenvalue weighted by Gasteiger charge is -2.19. The fourth-order valence-electron chi connectivity index (χ4n) is 1.77.